The van der Waals surface area contributed by atoms with Crippen molar-refractivity contribution in [2.75, 3.05) is 6.61 Å². The number of aliphatic hydroxyl groups is 1. The lowest BCUT2D eigenvalue weighted by molar-refractivity contribution is -0.0345. The number of halogens is 1. The highest BCUT2D eigenvalue weighted by atomic mass is 35.5. The highest BCUT2D eigenvalue weighted by molar-refractivity contribution is 7.10. The average Bonchev–Trinajstić information content (AvgIpc) is 2.82. The summed E-state index contributed by atoms with van der Waals surface area (Å²) in [6.07, 6.45) is -1.12. The SMILES string of the molecule is CCOC(c1ccccc1)C(O)c1sccc1Cl. The summed E-state index contributed by atoms with van der Waals surface area (Å²) < 4.78 is 5.67. The molecule has 2 aromatic rings. The third kappa shape index (κ3) is 2.93. The molecule has 0 bridgehead atoms. The number of hydrogen-bond acceptors (Lipinski definition) is 3. The largest absolute Gasteiger partial charge is 0.384 e. The van der Waals surface area contributed by atoms with E-state index in [1.165, 1.54) is 11.3 Å². The molecule has 2 nitrogen and oxygen atoms in total. The van der Waals surface area contributed by atoms with Crippen molar-refractivity contribution in [2.45, 2.75) is 19.1 Å². The minimum Gasteiger partial charge on any atom is -0.384 e. The van der Waals surface area contributed by atoms with Crippen LogP contribution in [0.3, 0.4) is 0 Å². The number of rotatable bonds is 5. The summed E-state index contributed by atoms with van der Waals surface area (Å²) in [6, 6.07) is 11.5. The molecule has 0 spiro atoms. The lowest BCUT2D eigenvalue weighted by Crippen LogP contribution is -2.14. The molecule has 1 aromatic heterocycles. The molecule has 0 saturated carbocycles. The Kier molecular flexibility index (Phi) is 4.78. The summed E-state index contributed by atoms with van der Waals surface area (Å²) in [4.78, 5) is 0.749. The van der Waals surface area contributed by atoms with Gasteiger partial charge in [0.05, 0.1) is 9.90 Å². The van der Waals surface area contributed by atoms with Crippen molar-refractivity contribution < 1.29 is 9.84 Å². The number of hydrogen-bond donors (Lipinski definition) is 1. The summed E-state index contributed by atoms with van der Waals surface area (Å²) >= 11 is 7.51. The van der Waals surface area contributed by atoms with E-state index in [2.05, 4.69) is 0 Å². The minimum atomic E-state index is -0.736. The van der Waals surface area contributed by atoms with Gasteiger partial charge in [-0.2, -0.15) is 0 Å². The van der Waals surface area contributed by atoms with Gasteiger partial charge in [-0.15, -0.1) is 11.3 Å². The van der Waals surface area contributed by atoms with Crippen LogP contribution in [0.5, 0.6) is 0 Å². The summed E-state index contributed by atoms with van der Waals surface area (Å²) in [7, 11) is 0. The van der Waals surface area contributed by atoms with Crippen LogP contribution in [0.15, 0.2) is 41.8 Å². The monoisotopic (exact) mass is 282 g/mol. The smallest absolute Gasteiger partial charge is 0.120 e. The molecule has 18 heavy (non-hydrogen) atoms. The van der Waals surface area contributed by atoms with Crippen LogP contribution >= 0.6 is 22.9 Å². The first kappa shape index (κ1) is 13.6. The van der Waals surface area contributed by atoms with Crippen molar-refractivity contribution in [3.8, 4) is 0 Å². The number of thiophene rings is 1. The number of ether oxygens (including phenoxy) is 1. The maximum Gasteiger partial charge on any atom is 0.120 e. The number of aliphatic hydroxyl groups excluding tert-OH is 1. The Morgan fingerprint density at radius 2 is 2.00 bits per heavy atom. The zero-order chi connectivity index (χ0) is 13.0. The van der Waals surface area contributed by atoms with Crippen molar-refractivity contribution in [2.24, 2.45) is 0 Å². The van der Waals surface area contributed by atoms with Crippen molar-refractivity contribution >= 4 is 22.9 Å². The highest BCUT2D eigenvalue weighted by Crippen LogP contribution is 2.38. The fourth-order valence-corrected chi connectivity index (χ4v) is 3.02. The topological polar surface area (TPSA) is 29.5 Å². The van der Waals surface area contributed by atoms with Gasteiger partial charge in [-0.3, -0.25) is 0 Å². The van der Waals surface area contributed by atoms with Gasteiger partial charge in [0.25, 0.3) is 0 Å². The fraction of sp³-hybridized carbons (Fsp3) is 0.286. The molecule has 2 atom stereocenters. The van der Waals surface area contributed by atoms with E-state index in [-0.39, 0.29) is 6.10 Å². The quantitative estimate of drug-likeness (QED) is 0.890. The molecular formula is C14H15ClO2S. The Balaban J connectivity index is 2.28. The predicted molar refractivity (Wildman–Crippen MR) is 75.1 cm³/mol. The normalized spacial score (nSPS) is 14.4. The second-order valence-electron chi connectivity index (χ2n) is 3.86. The summed E-state index contributed by atoms with van der Waals surface area (Å²) in [6.45, 7) is 2.46. The van der Waals surface area contributed by atoms with Crippen LogP contribution < -0.4 is 0 Å². The van der Waals surface area contributed by atoms with Gasteiger partial charge in [0.1, 0.15) is 12.2 Å². The van der Waals surface area contributed by atoms with Crippen molar-refractivity contribution in [1.82, 2.24) is 0 Å². The molecule has 4 heteroatoms. The van der Waals surface area contributed by atoms with E-state index in [0.717, 1.165) is 10.4 Å². The molecule has 1 N–H and O–H groups in total. The third-order valence-corrected chi connectivity index (χ3v) is 4.10. The van der Waals surface area contributed by atoms with Crippen LogP contribution in [0.1, 0.15) is 29.6 Å². The van der Waals surface area contributed by atoms with Crippen LogP contribution in [0, 0.1) is 0 Å². The van der Waals surface area contributed by atoms with Gasteiger partial charge < -0.3 is 9.84 Å². The van der Waals surface area contributed by atoms with Gasteiger partial charge in [0.15, 0.2) is 0 Å². The lowest BCUT2D eigenvalue weighted by atomic mass is 10.0. The van der Waals surface area contributed by atoms with Crippen LogP contribution in [0.4, 0.5) is 0 Å². The fourth-order valence-electron chi connectivity index (χ4n) is 1.85. The Morgan fingerprint density at radius 1 is 1.28 bits per heavy atom. The molecule has 2 rings (SSSR count). The van der Waals surface area contributed by atoms with Gasteiger partial charge >= 0.3 is 0 Å². The van der Waals surface area contributed by atoms with Crippen molar-refractivity contribution in [3.63, 3.8) is 0 Å². The molecule has 0 amide bonds. The Bertz CT molecular complexity index is 484. The van der Waals surface area contributed by atoms with Crippen LogP contribution in [0.25, 0.3) is 0 Å². The molecule has 0 radical (unpaired) electrons. The van der Waals surface area contributed by atoms with E-state index < -0.39 is 6.10 Å². The molecule has 0 fully saturated rings. The molecule has 96 valence electrons. The molecule has 0 aliphatic rings. The van der Waals surface area contributed by atoms with Gasteiger partial charge in [-0.1, -0.05) is 41.9 Å². The van der Waals surface area contributed by atoms with Gasteiger partial charge in [0.2, 0.25) is 0 Å². The first-order valence-electron chi connectivity index (χ1n) is 5.81. The van der Waals surface area contributed by atoms with Gasteiger partial charge in [0, 0.05) is 6.61 Å². The summed E-state index contributed by atoms with van der Waals surface area (Å²) in [5.41, 5.74) is 0.955. The zero-order valence-electron chi connectivity index (χ0n) is 10.0. The standard InChI is InChI=1S/C14H15ClO2S/c1-2-17-13(10-6-4-3-5-7-10)12(16)14-11(15)8-9-18-14/h3-9,12-13,16H,2H2,1H3. The van der Waals surface area contributed by atoms with E-state index in [1.54, 1.807) is 6.07 Å². The molecule has 2 unspecified atom stereocenters. The van der Waals surface area contributed by atoms with Crippen LogP contribution in [0.2, 0.25) is 5.02 Å². The number of benzene rings is 1. The zero-order valence-corrected chi connectivity index (χ0v) is 11.6. The minimum absolute atomic E-state index is 0.382. The van der Waals surface area contributed by atoms with Crippen molar-refractivity contribution in [1.29, 1.82) is 0 Å². The first-order valence-corrected chi connectivity index (χ1v) is 7.07. The summed E-state index contributed by atoms with van der Waals surface area (Å²) in [5, 5.41) is 12.9. The van der Waals surface area contributed by atoms with Crippen LogP contribution in [-0.4, -0.2) is 11.7 Å². The van der Waals surface area contributed by atoms with E-state index >= 15 is 0 Å². The summed E-state index contributed by atoms with van der Waals surface area (Å²) in [5.74, 6) is 0. The lowest BCUT2D eigenvalue weighted by Gasteiger charge is -2.22. The maximum absolute atomic E-state index is 10.4. The van der Waals surface area contributed by atoms with Crippen molar-refractivity contribution in [3.05, 3.63) is 57.2 Å². The second-order valence-corrected chi connectivity index (χ2v) is 5.22. The Labute approximate surface area is 116 Å². The Morgan fingerprint density at radius 3 is 2.56 bits per heavy atom. The van der Waals surface area contributed by atoms with E-state index in [9.17, 15) is 5.11 Å². The van der Waals surface area contributed by atoms with E-state index in [4.69, 9.17) is 16.3 Å². The van der Waals surface area contributed by atoms with Gasteiger partial charge in [-0.05, 0) is 23.9 Å². The third-order valence-electron chi connectivity index (χ3n) is 2.67. The predicted octanol–water partition coefficient (Wildman–Crippen LogP) is 4.21. The van der Waals surface area contributed by atoms with E-state index in [1.807, 2.05) is 42.6 Å². The molecule has 0 saturated heterocycles. The highest BCUT2D eigenvalue weighted by Gasteiger charge is 2.25. The molecular weight excluding hydrogens is 268 g/mol. The maximum atomic E-state index is 10.4. The second kappa shape index (κ2) is 6.34. The molecule has 1 heterocycles. The van der Waals surface area contributed by atoms with Gasteiger partial charge in [-0.25, -0.2) is 0 Å². The first-order chi connectivity index (χ1) is 8.74. The average molecular weight is 283 g/mol. The van der Waals surface area contributed by atoms with E-state index in [0.29, 0.717) is 11.6 Å². The Hall–Kier alpha value is -0.870. The molecule has 1 aromatic carbocycles. The molecule has 0 aliphatic heterocycles. The molecule has 0 aliphatic carbocycles. The van der Waals surface area contributed by atoms with Crippen LogP contribution in [-0.2, 0) is 4.74 Å².